The summed E-state index contributed by atoms with van der Waals surface area (Å²) in [7, 11) is 0. The Morgan fingerprint density at radius 1 is 0.576 bits per heavy atom. The van der Waals surface area contributed by atoms with Crippen LogP contribution in [0.1, 0.15) is 36.7 Å². The topological polar surface area (TPSA) is 69.2 Å². The number of phenolic OH excluding ortho intramolecular Hbond substituents is 2. The quantitative estimate of drug-likeness (QED) is 0.112. The number of allylic oxidation sites excluding steroid dienone is 4. The molecule has 5 nitrogen and oxygen atoms in total. The summed E-state index contributed by atoms with van der Waals surface area (Å²) in [6.07, 6.45) is 8.61. The van der Waals surface area contributed by atoms with Crippen molar-refractivity contribution in [2.75, 3.05) is 4.90 Å². The van der Waals surface area contributed by atoms with Gasteiger partial charge in [-0.3, -0.25) is 0 Å². The van der Waals surface area contributed by atoms with E-state index in [4.69, 9.17) is 9.41 Å². The van der Waals surface area contributed by atoms with E-state index >= 15 is 0 Å². The van der Waals surface area contributed by atoms with Gasteiger partial charge >= 0.3 is 0 Å². The third-order valence-electron chi connectivity index (χ3n) is 12.9. The Balaban J connectivity index is 1.16. The summed E-state index contributed by atoms with van der Waals surface area (Å²) in [5.74, 6) is 0.987. The summed E-state index contributed by atoms with van der Waals surface area (Å²) in [4.78, 5) is 7.55. The molecule has 0 fully saturated rings. The highest BCUT2D eigenvalue weighted by molar-refractivity contribution is 6.27. The Morgan fingerprint density at radius 2 is 1.20 bits per heavy atom. The summed E-state index contributed by atoms with van der Waals surface area (Å²) in [5.41, 5.74) is 12.9. The fourth-order valence-electron chi connectivity index (χ4n) is 9.56. The van der Waals surface area contributed by atoms with Crippen molar-refractivity contribution in [2.45, 2.75) is 26.7 Å². The number of furan rings is 1. The van der Waals surface area contributed by atoms with Crippen LogP contribution in [0.4, 0.5) is 22.7 Å². The maximum atomic E-state index is 10.6. The second-order valence-corrected chi connectivity index (χ2v) is 17.1. The Labute approximate surface area is 383 Å². The van der Waals surface area contributed by atoms with Gasteiger partial charge in [0.05, 0.1) is 5.69 Å². The molecule has 0 saturated heterocycles. The molecule has 9 aromatic carbocycles. The van der Waals surface area contributed by atoms with Gasteiger partial charge in [0, 0.05) is 33.6 Å². The minimum absolute atomic E-state index is 0.176. The molecule has 0 amide bonds. The number of benzene rings is 9. The number of nitrogens with zero attached hydrogens (tertiary/aromatic N) is 2. The van der Waals surface area contributed by atoms with Crippen molar-refractivity contribution in [3.63, 3.8) is 0 Å². The molecular formula is C61H46N2O3. The maximum Gasteiger partial charge on any atom is 0.161 e. The van der Waals surface area contributed by atoms with Gasteiger partial charge in [0.25, 0.3) is 0 Å². The van der Waals surface area contributed by atoms with E-state index in [9.17, 15) is 10.2 Å². The summed E-state index contributed by atoms with van der Waals surface area (Å²) >= 11 is 0. The van der Waals surface area contributed by atoms with Crippen molar-refractivity contribution in [1.29, 1.82) is 0 Å². The van der Waals surface area contributed by atoms with E-state index < -0.39 is 0 Å². The second kappa shape index (κ2) is 16.6. The molecule has 66 heavy (non-hydrogen) atoms. The standard InChI is InChI=1S/C61H46N2O3/c1-38-34-48(65)31-33-57(38)63(46-27-29-47(64)30-28-46)58-37-56-52-21-13-11-19-50(52)49-18-10-12-20-51(49)55(56)36-54(58)45-26-32-53-59(35-45)66-61(60(53)62-40(3)42-14-6-4-7-15-42)39(2)41-22-24-44(25-23-41)43-16-8-5-9-17-43/h5-6,8-37,64-65H,2,4,7H2,1,3H3. The molecule has 0 bridgehead atoms. The molecular weight excluding hydrogens is 809 g/mol. The van der Waals surface area contributed by atoms with Crippen LogP contribution in [-0.4, -0.2) is 15.9 Å². The van der Waals surface area contributed by atoms with Crippen molar-refractivity contribution < 1.29 is 14.6 Å². The number of phenols is 2. The van der Waals surface area contributed by atoms with Gasteiger partial charge in [-0.15, -0.1) is 0 Å². The number of hydrogen-bond acceptors (Lipinski definition) is 5. The van der Waals surface area contributed by atoms with Crippen LogP contribution >= 0.6 is 0 Å². The lowest BCUT2D eigenvalue weighted by Crippen LogP contribution is -2.12. The van der Waals surface area contributed by atoms with Gasteiger partial charge < -0.3 is 19.5 Å². The molecule has 0 spiro atoms. The summed E-state index contributed by atoms with van der Waals surface area (Å²) in [6, 6.07) is 59.8. The van der Waals surface area contributed by atoms with E-state index in [1.807, 2.05) is 31.2 Å². The molecule has 1 heterocycles. The first-order valence-electron chi connectivity index (χ1n) is 22.4. The van der Waals surface area contributed by atoms with Crippen LogP contribution in [0.25, 0.3) is 71.1 Å². The Bertz CT molecular complexity index is 3630. The molecule has 5 heteroatoms. The average molecular weight is 855 g/mol. The van der Waals surface area contributed by atoms with Crippen molar-refractivity contribution in [1.82, 2.24) is 0 Å². The highest BCUT2D eigenvalue weighted by Crippen LogP contribution is 2.49. The number of aliphatic imine (C=N–C) groups is 1. The summed E-state index contributed by atoms with van der Waals surface area (Å²) in [6.45, 7) is 8.70. The number of rotatable bonds is 9. The van der Waals surface area contributed by atoms with Crippen LogP contribution in [0.15, 0.2) is 216 Å². The lowest BCUT2D eigenvalue weighted by molar-refractivity contribution is 0.474. The molecule has 0 saturated carbocycles. The SMILES string of the molecule is C=C(c1ccc(-c2ccccc2)cc1)c1oc2cc(-c3cc4c5ccccc5c5ccccc5c4cc3N(c3ccc(O)cc3)c3ccc(O)cc3C)ccc2c1N=C(C)C1=CCCC=C1. The number of fused-ring (bicyclic) bond motifs is 7. The number of hydrogen-bond donors (Lipinski definition) is 2. The zero-order valence-corrected chi connectivity index (χ0v) is 36.8. The van der Waals surface area contributed by atoms with Crippen LogP contribution in [0.5, 0.6) is 11.5 Å². The van der Waals surface area contributed by atoms with E-state index in [0.29, 0.717) is 11.3 Å². The van der Waals surface area contributed by atoms with Crippen molar-refractivity contribution in [2.24, 2.45) is 4.99 Å². The normalized spacial score (nSPS) is 12.9. The van der Waals surface area contributed by atoms with Crippen molar-refractivity contribution in [3.05, 3.63) is 223 Å². The third-order valence-corrected chi connectivity index (χ3v) is 12.9. The first-order chi connectivity index (χ1) is 32.3. The van der Waals surface area contributed by atoms with Crippen LogP contribution in [0.3, 0.4) is 0 Å². The highest BCUT2D eigenvalue weighted by atomic mass is 16.3. The Kier molecular flexibility index (Phi) is 10.2. The maximum absolute atomic E-state index is 10.6. The van der Waals surface area contributed by atoms with Gasteiger partial charge in [-0.05, 0) is 159 Å². The molecule has 0 unspecified atom stereocenters. The van der Waals surface area contributed by atoms with Crippen LogP contribution in [0, 0.1) is 6.92 Å². The molecule has 1 aliphatic carbocycles. The van der Waals surface area contributed by atoms with E-state index in [0.717, 1.165) is 113 Å². The van der Waals surface area contributed by atoms with Gasteiger partial charge in [-0.2, -0.15) is 0 Å². The van der Waals surface area contributed by atoms with E-state index in [1.54, 1.807) is 24.3 Å². The van der Waals surface area contributed by atoms with Crippen molar-refractivity contribution in [3.8, 4) is 33.8 Å². The average Bonchev–Trinajstić information content (AvgIpc) is 3.72. The zero-order valence-electron chi connectivity index (χ0n) is 36.8. The monoisotopic (exact) mass is 854 g/mol. The Morgan fingerprint density at radius 3 is 1.86 bits per heavy atom. The molecule has 0 radical (unpaired) electrons. The number of anilines is 3. The van der Waals surface area contributed by atoms with E-state index in [1.165, 1.54) is 10.8 Å². The fraction of sp³-hybridized carbons (Fsp3) is 0.0656. The van der Waals surface area contributed by atoms with Crippen molar-refractivity contribution >= 4 is 77.3 Å². The van der Waals surface area contributed by atoms with Gasteiger partial charge in [-0.25, -0.2) is 4.99 Å². The van der Waals surface area contributed by atoms with Gasteiger partial charge in [0.15, 0.2) is 5.76 Å². The second-order valence-electron chi connectivity index (χ2n) is 17.1. The molecule has 318 valence electrons. The number of aryl methyl sites for hydroxylation is 1. The Hall–Kier alpha value is -8.41. The predicted molar refractivity (Wildman–Crippen MR) is 276 cm³/mol. The molecule has 1 aromatic heterocycles. The first-order valence-corrected chi connectivity index (χ1v) is 22.4. The first kappa shape index (κ1) is 40.4. The minimum Gasteiger partial charge on any atom is -0.508 e. The molecule has 10 aromatic rings. The molecule has 0 aliphatic heterocycles. The third kappa shape index (κ3) is 7.21. The number of aromatic hydroxyl groups is 2. The van der Waals surface area contributed by atoms with E-state index in [-0.39, 0.29) is 11.5 Å². The summed E-state index contributed by atoms with van der Waals surface area (Å²) < 4.78 is 7.00. The molecule has 0 atom stereocenters. The van der Waals surface area contributed by atoms with Gasteiger partial charge in [0.2, 0.25) is 0 Å². The van der Waals surface area contributed by atoms with E-state index in [2.05, 4.69) is 164 Å². The summed E-state index contributed by atoms with van der Waals surface area (Å²) in [5, 5.41) is 28.9. The largest absolute Gasteiger partial charge is 0.508 e. The molecule has 11 rings (SSSR count). The fourth-order valence-corrected chi connectivity index (χ4v) is 9.56. The van der Waals surface area contributed by atoms with Crippen LogP contribution < -0.4 is 4.90 Å². The lowest BCUT2D eigenvalue weighted by atomic mass is 9.90. The minimum atomic E-state index is 0.176. The van der Waals surface area contributed by atoms with Crippen LogP contribution in [-0.2, 0) is 0 Å². The lowest BCUT2D eigenvalue weighted by Gasteiger charge is -2.30. The predicted octanol–water partition coefficient (Wildman–Crippen LogP) is 16.8. The van der Waals surface area contributed by atoms with Gasteiger partial charge in [0.1, 0.15) is 22.8 Å². The zero-order chi connectivity index (χ0) is 44.9. The molecule has 2 N–H and O–H groups in total. The van der Waals surface area contributed by atoms with Gasteiger partial charge in [-0.1, -0.05) is 134 Å². The smallest absolute Gasteiger partial charge is 0.161 e. The highest BCUT2D eigenvalue weighted by Gasteiger charge is 2.24. The van der Waals surface area contributed by atoms with Crippen LogP contribution in [0.2, 0.25) is 0 Å². The molecule has 1 aliphatic rings.